The van der Waals surface area contributed by atoms with Crippen LogP contribution in [0.15, 0.2) is 29.2 Å². The quantitative estimate of drug-likeness (QED) is 0.801. The van der Waals surface area contributed by atoms with Crippen molar-refractivity contribution in [3.8, 4) is 0 Å². The number of rotatable bonds is 2. The summed E-state index contributed by atoms with van der Waals surface area (Å²) < 4.78 is 0. The van der Waals surface area contributed by atoms with E-state index in [-0.39, 0.29) is 6.61 Å². The van der Waals surface area contributed by atoms with Gasteiger partial charge in [0.1, 0.15) is 0 Å². The Kier molecular flexibility index (Phi) is 5.89. The molecule has 0 atom stereocenters. The Morgan fingerprint density at radius 3 is 1.71 bits per heavy atom. The number of benzene rings is 1. The van der Waals surface area contributed by atoms with Crippen molar-refractivity contribution >= 4 is 10.0 Å². The second-order valence-corrected chi connectivity index (χ2v) is 7.78. The van der Waals surface area contributed by atoms with Gasteiger partial charge in [-0.15, -0.1) is 0 Å². The van der Waals surface area contributed by atoms with Crippen molar-refractivity contribution < 1.29 is 5.11 Å². The standard InChI is InChI=1S/C10H16OS.C2H6/c1-12(2,3)10-6-4-9(8-11)5-7-10;1-2/h4-7,11H,8H2,1-3H3;1-2H3. The zero-order chi connectivity index (χ0) is 11.2. The minimum absolute atomic E-state index is 0.139. The first-order valence-corrected chi connectivity index (χ1v) is 7.78. The summed E-state index contributed by atoms with van der Waals surface area (Å²) in [5, 5.41) is 8.84. The third kappa shape index (κ3) is 4.16. The molecule has 1 N–H and O–H groups in total. The van der Waals surface area contributed by atoms with E-state index in [4.69, 9.17) is 5.11 Å². The molecule has 1 aromatic carbocycles. The molecule has 0 aliphatic heterocycles. The summed E-state index contributed by atoms with van der Waals surface area (Å²) in [6.45, 7) is 4.14. The van der Waals surface area contributed by atoms with Gasteiger partial charge in [-0.3, -0.25) is 0 Å². The molecule has 0 amide bonds. The first-order valence-electron chi connectivity index (χ1n) is 4.92. The van der Waals surface area contributed by atoms with Crippen LogP contribution in [-0.4, -0.2) is 23.9 Å². The largest absolute Gasteiger partial charge is 0.392 e. The Bertz CT molecular complexity index is 246. The van der Waals surface area contributed by atoms with E-state index in [1.807, 2.05) is 26.0 Å². The van der Waals surface area contributed by atoms with E-state index in [2.05, 4.69) is 30.9 Å². The van der Waals surface area contributed by atoms with Crippen molar-refractivity contribution in [2.75, 3.05) is 18.8 Å². The van der Waals surface area contributed by atoms with Crippen LogP contribution in [0, 0.1) is 0 Å². The second-order valence-electron chi connectivity index (χ2n) is 3.64. The van der Waals surface area contributed by atoms with Crippen molar-refractivity contribution in [3.05, 3.63) is 29.8 Å². The van der Waals surface area contributed by atoms with Gasteiger partial charge >= 0.3 is 0 Å². The summed E-state index contributed by atoms with van der Waals surface area (Å²) in [7, 11) is -0.609. The third-order valence-corrected chi connectivity index (χ3v) is 3.50. The lowest BCUT2D eigenvalue weighted by Gasteiger charge is -2.25. The van der Waals surface area contributed by atoms with E-state index in [0.717, 1.165) is 5.56 Å². The minimum atomic E-state index is -0.609. The maximum atomic E-state index is 8.84. The van der Waals surface area contributed by atoms with Crippen LogP contribution in [0.1, 0.15) is 19.4 Å². The molecule has 0 unspecified atom stereocenters. The fourth-order valence-electron chi connectivity index (χ4n) is 1.00. The van der Waals surface area contributed by atoms with Crippen LogP contribution in [-0.2, 0) is 6.61 Å². The number of aliphatic hydroxyl groups is 1. The lowest BCUT2D eigenvalue weighted by atomic mass is 10.2. The average Bonchev–Trinajstić information content (AvgIpc) is 2.20. The Morgan fingerprint density at radius 2 is 1.43 bits per heavy atom. The van der Waals surface area contributed by atoms with Crippen LogP contribution in [0.25, 0.3) is 0 Å². The van der Waals surface area contributed by atoms with Gasteiger partial charge in [0.15, 0.2) is 0 Å². The monoisotopic (exact) mass is 214 g/mol. The number of aliphatic hydroxyl groups excluding tert-OH is 1. The Hall–Kier alpha value is -0.470. The highest BCUT2D eigenvalue weighted by molar-refractivity contribution is 8.32. The highest BCUT2D eigenvalue weighted by Crippen LogP contribution is 2.44. The summed E-state index contributed by atoms with van der Waals surface area (Å²) in [4.78, 5) is 1.39. The van der Waals surface area contributed by atoms with Crippen LogP contribution in [0.4, 0.5) is 0 Å². The molecule has 82 valence electrons. The first kappa shape index (κ1) is 13.5. The van der Waals surface area contributed by atoms with Gasteiger partial charge in [0.25, 0.3) is 0 Å². The molecule has 0 bridgehead atoms. The highest BCUT2D eigenvalue weighted by Gasteiger charge is 2.06. The van der Waals surface area contributed by atoms with Gasteiger partial charge in [-0.1, -0.05) is 26.0 Å². The van der Waals surface area contributed by atoms with E-state index in [1.54, 1.807) is 0 Å². The molecular weight excluding hydrogens is 192 g/mol. The van der Waals surface area contributed by atoms with Crippen LogP contribution < -0.4 is 0 Å². The molecule has 1 aromatic rings. The first-order chi connectivity index (χ1) is 6.54. The highest BCUT2D eigenvalue weighted by atomic mass is 32.3. The van der Waals surface area contributed by atoms with Gasteiger partial charge in [0.2, 0.25) is 0 Å². The zero-order valence-electron chi connectivity index (χ0n) is 9.87. The van der Waals surface area contributed by atoms with Crippen molar-refractivity contribution in [1.29, 1.82) is 0 Å². The molecule has 0 aromatic heterocycles. The fourth-order valence-corrected chi connectivity index (χ4v) is 1.96. The molecular formula is C12H22OS. The van der Waals surface area contributed by atoms with E-state index in [9.17, 15) is 0 Å². The van der Waals surface area contributed by atoms with Crippen molar-refractivity contribution in [2.24, 2.45) is 0 Å². The van der Waals surface area contributed by atoms with Crippen LogP contribution in [0.3, 0.4) is 0 Å². The lowest BCUT2D eigenvalue weighted by molar-refractivity contribution is 0.282. The minimum Gasteiger partial charge on any atom is -0.392 e. The summed E-state index contributed by atoms with van der Waals surface area (Å²) in [6.07, 6.45) is 6.79. The van der Waals surface area contributed by atoms with E-state index >= 15 is 0 Å². The molecule has 0 aliphatic rings. The second kappa shape index (κ2) is 6.10. The normalized spacial score (nSPS) is 11.6. The summed E-state index contributed by atoms with van der Waals surface area (Å²) in [5.74, 6) is 0. The van der Waals surface area contributed by atoms with Crippen LogP contribution >= 0.6 is 10.0 Å². The van der Waals surface area contributed by atoms with Gasteiger partial charge < -0.3 is 5.11 Å². The molecule has 1 rings (SSSR count). The fraction of sp³-hybridized carbons (Fsp3) is 0.500. The Labute approximate surface area is 89.5 Å². The smallest absolute Gasteiger partial charge is 0.0681 e. The van der Waals surface area contributed by atoms with E-state index in [0.29, 0.717) is 0 Å². The molecule has 0 heterocycles. The number of hydrogen-bond donors (Lipinski definition) is 1. The molecule has 2 heteroatoms. The molecule has 14 heavy (non-hydrogen) atoms. The molecule has 0 radical (unpaired) electrons. The molecule has 1 nitrogen and oxygen atoms in total. The Morgan fingerprint density at radius 1 is 1.00 bits per heavy atom. The molecule has 0 fully saturated rings. The average molecular weight is 214 g/mol. The maximum Gasteiger partial charge on any atom is 0.0681 e. The van der Waals surface area contributed by atoms with Gasteiger partial charge in [0, 0.05) is 0 Å². The maximum absolute atomic E-state index is 8.84. The lowest BCUT2D eigenvalue weighted by Crippen LogP contribution is -1.93. The van der Waals surface area contributed by atoms with Crippen molar-refractivity contribution in [1.82, 2.24) is 0 Å². The summed E-state index contributed by atoms with van der Waals surface area (Å²) >= 11 is 0. The summed E-state index contributed by atoms with van der Waals surface area (Å²) in [5.41, 5.74) is 0.988. The molecule has 0 aliphatic carbocycles. The molecule has 0 saturated carbocycles. The van der Waals surface area contributed by atoms with Crippen LogP contribution in [0.5, 0.6) is 0 Å². The van der Waals surface area contributed by atoms with E-state index < -0.39 is 10.0 Å². The third-order valence-electron chi connectivity index (χ3n) is 1.81. The van der Waals surface area contributed by atoms with E-state index in [1.165, 1.54) is 4.90 Å². The predicted molar refractivity (Wildman–Crippen MR) is 67.3 cm³/mol. The van der Waals surface area contributed by atoms with Gasteiger partial charge in [-0.05, 0) is 41.4 Å². The van der Waals surface area contributed by atoms with Crippen LogP contribution in [0.2, 0.25) is 0 Å². The summed E-state index contributed by atoms with van der Waals surface area (Å²) in [6, 6.07) is 8.21. The SMILES string of the molecule is CC.CS(C)(C)c1ccc(CO)cc1. The topological polar surface area (TPSA) is 20.2 Å². The number of hydrogen-bond acceptors (Lipinski definition) is 1. The van der Waals surface area contributed by atoms with Crippen molar-refractivity contribution in [2.45, 2.75) is 25.3 Å². The predicted octanol–water partition coefficient (Wildman–Crippen LogP) is 3.26. The zero-order valence-corrected chi connectivity index (χ0v) is 10.7. The van der Waals surface area contributed by atoms with Crippen molar-refractivity contribution in [3.63, 3.8) is 0 Å². The van der Waals surface area contributed by atoms with Gasteiger partial charge in [0.05, 0.1) is 6.61 Å². The van der Waals surface area contributed by atoms with Gasteiger partial charge in [-0.2, -0.15) is 0 Å². The Balaban J connectivity index is 0.000000791. The van der Waals surface area contributed by atoms with Gasteiger partial charge in [-0.25, -0.2) is 10.0 Å². The molecule has 0 spiro atoms. The molecule has 0 saturated heterocycles.